The van der Waals surface area contributed by atoms with Gasteiger partial charge >= 0.3 is 5.97 Å². The van der Waals surface area contributed by atoms with Gasteiger partial charge in [-0.1, -0.05) is 0 Å². The highest BCUT2D eigenvalue weighted by Gasteiger charge is 2.21. The Morgan fingerprint density at radius 3 is 2.00 bits per heavy atom. The zero-order valence-corrected chi connectivity index (χ0v) is 10.7. The minimum absolute atomic E-state index is 0.309. The van der Waals surface area contributed by atoms with Crippen LogP contribution < -0.4 is 11.1 Å². The lowest BCUT2D eigenvalue weighted by Crippen LogP contribution is -2.40. The molecule has 0 radical (unpaired) electrons. The molecule has 6 nitrogen and oxygen atoms in total. The molecule has 0 saturated carbocycles. The average molecular weight is 264 g/mol. The van der Waals surface area contributed by atoms with Gasteiger partial charge in [-0.3, -0.25) is 14.4 Å². The van der Waals surface area contributed by atoms with Gasteiger partial charge in [-0.15, -0.1) is 0 Å². The Morgan fingerprint density at radius 1 is 1.11 bits per heavy atom. The third-order valence-electron chi connectivity index (χ3n) is 2.93. The minimum atomic E-state index is -0.975. The van der Waals surface area contributed by atoms with E-state index in [0.717, 1.165) is 0 Å². The molecule has 1 aromatic carbocycles. The second-order valence-corrected chi connectivity index (χ2v) is 4.33. The van der Waals surface area contributed by atoms with Crippen molar-refractivity contribution in [3.05, 3.63) is 35.4 Å². The van der Waals surface area contributed by atoms with Crippen molar-refractivity contribution < 1.29 is 19.5 Å². The highest BCUT2D eigenvalue weighted by atomic mass is 16.4. The second-order valence-electron chi connectivity index (χ2n) is 4.33. The number of hydrogen-bond donors (Lipinski definition) is 3. The number of benzene rings is 1. The molecular formula is C13H16N2O4. The highest BCUT2D eigenvalue weighted by Crippen LogP contribution is 2.07. The molecule has 1 aromatic rings. The van der Waals surface area contributed by atoms with Crippen molar-refractivity contribution in [3.63, 3.8) is 0 Å². The maximum Gasteiger partial charge on any atom is 0.308 e. The predicted molar refractivity (Wildman–Crippen MR) is 68.7 cm³/mol. The molecule has 0 aliphatic rings. The molecule has 0 heterocycles. The molecular weight excluding hydrogens is 248 g/mol. The summed E-state index contributed by atoms with van der Waals surface area (Å²) in [6.45, 7) is 3.14. The monoisotopic (exact) mass is 264 g/mol. The largest absolute Gasteiger partial charge is 0.481 e. The molecule has 2 atom stereocenters. The van der Waals surface area contributed by atoms with Crippen LogP contribution in [0.1, 0.15) is 34.6 Å². The summed E-state index contributed by atoms with van der Waals surface area (Å²) in [6.07, 6.45) is 0. The van der Waals surface area contributed by atoms with Crippen LogP contribution in [-0.4, -0.2) is 28.9 Å². The molecule has 6 heteroatoms. The van der Waals surface area contributed by atoms with Crippen molar-refractivity contribution in [2.24, 2.45) is 11.7 Å². The number of nitrogens with two attached hydrogens (primary N) is 1. The summed E-state index contributed by atoms with van der Waals surface area (Å²) in [5, 5.41) is 11.4. The number of nitrogens with one attached hydrogen (secondary N) is 1. The molecule has 2 unspecified atom stereocenters. The van der Waals surface area contributed by atoms with Crippen LogP contribution in [0.4, 0.5) is 0 Å². The van der Waals surface area contributed by atoms with Gasteiger partial charge in [0.1, 0.15) is 0 Å². The number of amides is 2. The Bertz CT molecular complexity index is 496. The summed E-state index contributed by atoms with van der Waals surface area (Å²) in [7, 11) is 0. The van der Waals surface area contributed by atoms with Crippen LogP contribution in [0.5, 0.6) is 0 Å². The first kappa shape index (κ1) is 14.7. The van der Waals surface area contributed by atoms with E-state index in [1.807, 2.05) is 0 Å². The van der Waals surface area contributed by atoms with Gasteiger partial charge in [-0.25, -0.2) is 0 Å². The standard InChI is InChI=1S/C13H16N2O4/c1-7(13(18)19)8(2)15-12(17)10-5-3-9(4-6-10)11(14)16/h3-8H,1-2H3,(H2,14,16)(H,15,17)(H,18,19). The van der Waals surface area contributed by atoms with Gasteiger partial charge in [0.05, 0.1) is 5.92 Å². The Hall–Kier alpha value is -2.37. The Morgan fingerprint density at radius 2 is 1.58 bits per heavy atom. The van der Waals surface area contributed by atoms with Crippen molar-refractivity contribution in [1.29, 1.82) is 0 Å². The molecule has 0 aromatic heterocycles. The van der Waals surface area contributed by atoms with Crippen molar-refractivity contribution in [1.82, 2.24) is 5.32 Å². The summed E-state index contributed by atoms with van der Waals surface area (Å²) in [5.41, 5.74) is 5.74. The molecule has 0 fully saturated rings. The zero-order chi connectivity index (χ0) is 14.6. The number of carbonyl (C=O) groups is 3. The first-order chi connectivity index (χ1) is 8.82. The Labute approximate surface area is 110 Å². The van der Waals surface area contributed by atoms with E-state index in [0.29, 0.717) is 11.1 Å². The van der Waals surface area contributed by atoms with Crippen LogP contribution >= 0.6 is 0 Å². The Kier molecular flexibility index (Phi) is 4.63. The first-order valence-corrected chi connectivity index (χ1v) is 5.76. The number of carboxylic acids is 1. The molecule has 0 aliphatic carbocycles. The van der Waals surface area contributed by atoms with Gasteiger partial charge in [0.25, 0.3) is 5.91 Å². The summed E-state index contributed by atoms with van der Waals surface area (Å²) in [5.74, 6) is -2.62. The van der Waals surface area contributed by atoms with Crippen molar-refractivity contribution in [2.75, 3.05) is 0 Å². The molecule has 2 amide bonds. The normalized spacial score (nSPS) is 13.4. The van der Waals surface area contributed by atoms with Gasteiger partial charge in [-0.2, -0.15) is 0 Å². The van der Waals surface area contributed by atoms with Gasteiger partial charge in [-0.05, 0) is 38.1 Å². The summed E-state index contributed by atoms with van der Waals surface area (Å²) in [6, 6.07) is 5.33. The molecule has 0 saturated heterocycles. The van der Waals surface area contributed by atoms with E-state index >= 15 is 0 Å². The number of aliphatic carboxylic acids is 1. The first-order valence-electron chi connectivity index (χ1n) is 5.76. The second kappa shape index (κ2) is 5.99. The van der Waals surface area contributed by atoms with Gasteiger partial charge in [0.2, 0.25) is 5.91 Å². The lowest BCUT2D eigenvalue weighted by Gasteiger charge is -2.17. The number of carboxylic acid groups (broad SMARTS) is 1. The van der Waals surface area contributed by atoms with Crippen LogP contribution in [0.2, 0.25) is 0 Å². The van der Waals surface area contributed by atoms with E-state index in [9.17, 15) is 14.4 Å². The predicted octanol–water partition coefficient (Wildman–Crippen LogP) is 0.624. The quantitative estimate of drug-likeness (QED) is 0.724. The van der Waals surface area contributed by atoms with E-state index in [4.69, 9.17) is 10.8 Å². The van der Waals surface area contributed by atoms with Gasteiger partial charge in [0.15, 0.2) is 0 Å². The Balaban J connectivity index is 2.73. The number of primary amides is 1. The molecule has 0 aliphatic heterocycles. The molecule has 0 spiro atoms. The van der Waals surface area contributed by atoms with E-state index in [2.05, 4.69) is 5.32 Å². The summed E-state index contributed by atoms with van der Waals surface area (Å²) in [4.78, 5) is 33.5. The fraction of sp³-hybridized carbons (Fsp3) is 0.308. The van der Waals surface area contributed by atoms with E-state index in [1.165, 1.54) is 31.2 Å². The van der Waals surface area contributed by atoms with Crippen molar-refractivity contribution in [3.8, 4) is 0 Å². The minimum Gasteiger partial charge on any atom is -0.481 e. The third-order valence-corrected chi connectivity index (χ3v) is 2.93. The zero-order valence-electron chi connectivity index (χ0n) is 10.7. The highest BCUT2D eigenvalue weighted by molar-refractivity contribution is 5.97. The number of hydrogen-bond acceptors (Lipinski definition) is 3. The van der Waals surface area contributed by atoms with E-state index in [-0.39, 0.29) is 0 Å². The fourth-order valence-electron chi connectivity index (χ4n) is 1.41. The average Bonchev–Trinajstić information content (AvgIpc) is 2.37. The molecule has 1 rings (SSSR count). The summed E-state index contributed by atoms with van der Waals surface area (Å²) < 4.78 is 0. The van der Waals surface area contributed by atoms with Gasteiger partial charge < -0.3 is 16.2 Å². The van der Waals surface area contributed by atoms with Crippen LogP contribution in [0.15, 0.2) is 24.3 Å². The maximum absolute atomic E-state index is 11.8. The summed E-state index contributed by atoms with van der Waals surface area (Å²) >= 11 is 0. The van der Waals surface area contributed by atoms with Crippen LogP contribution in [0, 0.1) is 5.92 Å². The smallest absolute Gasteiger partial charge is 0.308 e. The van der Waals surface area contributed by atoms with E-state index < -0.39 is 29.7 Å². The lowest BCUT2D eigenvalue weighted by atomic mass is 10.0. The number of carbonyl (C=O) groups excluding carboxylic acids is 2. The van der Waals surface area contributed by atoms with Crippen molar-refractivity contribution >= 4 is 17.8 Å². The van der Waals surface area contributed by atoms with Crippen LogP contribution in [0.3, 0.4) is 0 Å². The van der Waals surface area contributed by atoms with E-state index in [1.54, 1.807) is 6.92 Å². The molecule has 102 valence electrons. The molecule has 0 bridgehead atoms. The third kappa shape index (κ3) is 3.80. The van der Waals surface area contributed by atoms with Crippen LogP contribution in [0.25, 0.3) is 0 Å². The topological polar surface area (TPSA) is 109 Å². The van der Waals surface area contributed by atoms with Gasteiger partial charge in [0, 0.05) is 17.2 Å². The van der Waals surface area contributed by atoms with Crippen molar-refractivity contribution in [2.45, 2.75) is 19.9 Å². The van der Waals surface area contributed by atoms with Crippen LogP contribution in [-0.2, 0) is 4.79 Å². The SMILES string of the molecule is CC(NC(=O)c1ccc(C(N)=O)cc1)C(C)C(=O)O. The maximum atomic E-state index is 11.8. The fourth-order valence-corrected chi connectivity index (χ4v) is 1.41. The molecule has 4 N–H and O–H groups in total. The lowest BCUT2D eigenvalue weighted by molar-refractivity contribution is -0.141. The molecule has 19 heavy (non-hydrogen) atoms. The number of rotatable bonds is 5.